The number of aromatic amines is 2. The normalized spacial score (nSPS) is 11.0. The van der Waals surface area contributed by atoms with Gasteiger partial charge in [-0.25, -0.2) is 4.79 Å². The Balaban J connectivity index is 1.55. The van der Waals surface area contributed by atoms with Gasteiger partial charge in [0, 0.05) is 23.9 Å². The van der Waals surface area contributed by atoms with E-state index in [1.807, 2.05) is 60.9 Å². The van der Waals surface area contributed by atoms with E-state index in [2.05, 4.69) is 32.4 Å². The summed E-state index contributed by atoms with van der Waals surface area (Å²) in [7, 11) is 0. The van der Waals surface area contributed by atoms with Crippen LogP contribution in [0, 0.1) is 13.8 Å². The number of hydrogen-bond acceptors (Lipinski definition) is 6. The van der Waals surface area contributed by atoms with Gasteiger partial charge in [-0.3, -0.25) is 19.1 Å². The van der Waals surface area contributed by atoms with Gasteiger partial charge in [0.25, 0.3) is 5.56 Å². The number of unbranched alkanes of at least 4 members (excludes halogenated alkanes) is 1. The molecule has 0 radical (unpaired) electrons. The van der Waals surface area contributed by atoms with Crippen LogP contribution in [0.3, 0.4) is 0 Å². The monoisotopic (exact) mass is 518 g/mol. The van der Waals surface area contributed by atoms with Crippen molar-refractivity contribution in [2.45, 2.75) is 51.6 Å². The maximum atomic E-state index is 12.7. The summed E-state index contributed by atoms with van der Waals surface area (Å²) in [6.07, 6.45) is 3.51. The minimum atomic E-state index is -0.579. The molecule has 0 fully saturated rings. The highest BCUT2D eigenvalue weighted by Gasteiger charge is 2.18. The molecule has 0 aliphatic heterocycles. The zero-order valence-corrected chi connectivity index (χ0v) is 21.9. The molecule has 37 heavy (non-hydrogen) atoms. The first-order chi connectivity index (χ1) is 17.8. The molecule has 0 saturated heterocycles. The van der Waals surface area contributed by atoms with Crippen LogP contribution in [0.2, 0.25) is 0 Å². The number of rotatable bonds is 10. The summed E-state index contributed by atoms with van der Waals surface area (Å²) in [5.41, 5.74) is 4.29. The van der Waals surface area contributed by atoms with Crippen molar-refractivity contribution in [3.63, 3.8) is 0 Å². The minimum Gasteiger partial charge on any atom is -0.325 e. The molecular formula is C27H30N6O3S. The third kappa shape index (κ3) is 6.85. The van der Waals surface area contributed by atoms with E-state index in [-0.39, 0.29) is 18.1 Å². The first-order valence-corrected chi connectivity index (χ1v) is 13.2. The first-order valence-electron chi connectivity index (χ1n) is 12.2. The van der Waals surface area contributed by atoms with Gasteiger partial charge in [0.05, 0.1) is 11.4 Å². The number of carbonyl (C=O) groups is 1. The van der Waals surface area contributed by atoms with Gasteiger partial charge in [-0.1, -0.05) is 49.4 Å². The number of amides is 1. The fourth-order valence-electron chi connectivity index (χ4n) is 3.96. The van der Waals surface area contributed by atoms with Crippen LogP contribution in [0.4, 0.5) is 5.69 Å². The predicted octanol–water partition coefficient (Wildman–Crippen LogP) is 3.92. The molecule has 9 nitrogen and oxygen atoms in total. The smallest absolute Gasteiger partial charge is 0.325 e. The van der Waals surface area contributed by atoms with Gasteiger partial charge < -0.3 is 10.3 Å². The standard InChI is InChI=1S/C27H30N6O3S/c1-4-5-6-19-9-11-20(12-10-19)28-25(35)16-37-27-32-31-23(14-21-15-24(34)30-26(36)29-21)33(27)22-13-17(2)7-8-18(22)3/h7-13,15H,4-6,14,16H2,1-3H3,(H,28,35)(H2,29,30,34,36). The largest absolute Gasteiger partial charge is 0.325 e. The molecule has 0 aliphatic rings. The lowest BCUT2D eigenvalue weighted by molar-refractivity contribution is -0.113. The van der Waals surface area contributed by atoms with E-state index in [0.29, 0.717) is 16.7 Å². The zero-order chi connectivity index (χ0) is 26.4. The van der Waals surface area contributed by atoms with Gasteiger partial charge in [0.2, 0.25) is 5.91 Å². The maximum absolute atomic E-state index is 12.7. The quantitative estimate of drug-likeness (QED) is 0.273. The second kappa shape index (κ2) is 11.9. The number of anilines is 1. The van der Waals surface area contributed by atoms with Gasteiger partial charge in [-0.2, -0.15) is 0 Å². The second-order valence-corrected chi connectivity index (χ2v) is 9.89. The third-order valence-corrected chi connectivity index (χ3v) is 6.79. The summed E-state index contributed by atoms with van der Waals surface area (Å²) in [6, 6.07) is 15.3. The number of hydrogen-bond donors (Lipinski definition) is 3. The van der Waals surface area contributed by atoms with Crippen molar-refractivity contribution < 1.29 is 4.79 Å². The van der Waals surface area contributed by atoms with Crippen LogP contribution >= 0.6 is 11.8 Å². The van der Waals surface area contributed by atoms with Crippen molar-refractivity contribution in [3.05, 3.63) is 97.6 Å². The van der Waals surface area contributed by atoms with Crippen molar-refractivity contribution in [3.8, 4) is 5.69 Å². The summed E-state index contributed by atoms with van der Waals surface area (Å²) < 4.78 is 1.88. The SMILES string of the molecule is CCCCc1ccc(NC(=O)CSc2nnc(Cc3cc(=O)[nH]c(=O)[nH]3)n2-c2cc(C)ccc2C)cc1. The molecule has 0 bridgehead atoms. The van der Waals surface area contributed by atoms with Crippen molar-refractivity contribution >= 4 is 23.4 Å². The van der Waals surface area contributed by atoms with Crippen LogP contribution in [0.1, 0.15) is 48.0 Å². The summed E-state index contributed by atoms with van der Waals surface area (Å²) in [5, 5.41) is 12.2. The fourth-order valence-corrected chi connectivity index (χ4v) is 4.72. The zero-order valence-electron chi connectivity index (χ0n) is 21.1. The molecule has 192 valence electrons. The highest BCUT2D eigenvalue weighted by atomic mass is 32.2. The van der Waals surface area contributed by atoms with Crippen LogP contribution in [0.25, 0.3) is 5.69 Å². The molecule has 10 heteroatoms. The Kier molecular flexibility index (Phi) is 8.39. The molecule has 2 heterocycles. The molecule has 2 aromatic carbocycles. The second-order valence-electron chi connectivity index (χ2n) is 8.95. The molecule has 0 aliphatic carbocycles. The van der Waals surface area contributed by atoms with Crippen molar-refractivity contribution in [1.29, 1.82) is 0 Å². The Labute approximate surface area is 218 Å². The molecule has 0 spiro atoms. The maximum Gasteiger partial charge on any atom is 0.325 e. The molecule has 2 aromatic heterocycles. The number of nitrogens with zero attached hydrogens (tertiary/aromatic N) is 3. The number of carbonyl (C=O) groups excluding carboxylic acids is 1. The molecule has 4 aromatic rings. The number of nitrogens with one attached hydrogen (secondary N) is 3. The number of benzene rings is 2. The summed E-state index contributed by atoms with van der Waals surface area (Å²) in [4.78, 5) is 41.1. The minimum absolute atomic E-state index is 0.141. The summed E-state index contributed by atoms with van der Waals surface area (Å²) in [5.74, 6) is 0.533. The average Bonchev–Trinajstić information content (AvgIpc) is 3.25. The lowest BCUT2D eigenvalue weighted by Gasteiger charge is -2.14. The molecule has 0 atom stereocenters. The van der Waals surface area contributed by atoms with E-state index in [1.165, 1.54) is 23.4 Å². The van der Waals surface area contributed by atoms with Crippen LogP contribution in [-0.4, -0.2) is 36.4 Å². The van der Waals surface area contributed by atoms with Gasteiger partial charge in [0.15, 0.2) is 5.16 Å². The number of thioether (sulfide) groups is 1. The lowest BCUT2D eigenvalue weighted by atomic mass is 10.1. The Morgan fingerprint density at radius 2 is 1.81 bits per heavy atom. The van der Waals surface area contributed by atoms with Crippen LogP contribution in [-0.2, 0) is 17.6 Å². The predicted molar refractivity (Wildman–Crippen MR) is 146 cm³/mol. The van der Waals surface area contributed by atoms with E-state index in [4.69, 9.17) is 0 Å². The number of H-pyrrole nitrogens is 2. The number of aryl methyl sites for hydroxylation is 3. The third-order valence-electron chi connectivity index (χ3n) is 5.86. The van der Waals surface area contributed by atoms with Crippen LogP contribution in [0.5, 0.6) is 0 Å². The van der Waals surface area contributed by atoms with E-state index >= 15 is 0 Å². The van der Waals surface area contributed by atoms with E-state index < -0.39 is 11.2 Å². The fraction of sp³-hybridized carbons (Fsp3) is 0.296. The molecule has 3 N–H and O–H groups in total. The topological polar surface area (TPSA) is 126 Å². The van der Waals surface area contributed by atoms with Crippen LogP contribution < -0.4 is 16.6 Å². The Hall–Kier alpha value is -3.92. The Morgan fingerprint density at radius 3 is 2.54 bits per heavy atom. The lowest BCUT2D eigenvalue weighted by Crippen LogP contribution is -2.23. The number of aromatic nitrogens is 5. The van der Waals surface area contributed by atoms with Crippen molar-refractivity contribution in [2.75, 3.05) is 11.1 Å². The van der Waals surface area contributed by atoms with E-state index in [1.54, 1.807) is 0 Å². The highest BCUT2D eigenvalue weighted by molar-refractivity contribution is 7.99. The molecular weight excluding hydrogens is 488 g/mol. The first kappa shape index (κ1) is 26.2. The van der Waals surface area contributed by atoms with Gasteiger partial charge in [-0.15, -0.1) is 10.2 Å². The van der Waals surface area contributed by atoms with E-state index in [9.17, 15) is 14.4 Å². The molecule has 4 rings (SSSR count). The Bertz CT molecular complexity index is 1480. The Morgan fingerprint density at radius 1 is 1.03 bits per heavy atom. The van der Waals surface area contributed by atoms with Crippen LogP contribution in [0.15, 0.2) is 63.3 Å². The summed E-state index contributed by atoms with van der Waals surface area (Å²) in [6.45, 7) is 6.15. The van der Waals surface area contributed by atoms with Gasteiger partial charge >= 0.3 is 5.69 Å². The van der Waals surface area contributed by atoms with Gasteiger partial charge in [0.1, 0.15) is 5.82 Å². The highest BCUT2D eigenvalue weighted by Crippen LogP contribution is 2.26. The van der Waals surface area contributed by atoms with Crippen molar-refractivity contribution in [2.24, 2.45) is 0 Å². The van der Waals surface area contributed by atoms with E-state index in [0.717, 1.165) is 41.8 Å². The van der Waals surface area contributed by atoms with Gasteiger partial charge in [-0.05, 0) is 61.6 Å². The molecule has 0 saturated carbocycles. The molecule has 1 amide bonds. The summed E-state index contributed by atoms with van der Waals surface area (Å²) >= 11 is 1.27. The average molecular weight is 519 g/mol. The molecule has 0 unspecified atom stereocenters. The van der Waals surface area contributed by atoms with Crippen molar-refractivity contribution in [1.82, 2.24) is 24.7 Å².